The molecule has 0 saturated carbocycles. The minimum Gasteiger partial charge on any atom is -0.303 e. The van der Waals surface area contributed by atoms with E-state index in [2.05, 4.69) is 11.8 Å². The molecule has 0 amide bonds. The van der Waals surface area contributed by atoms with Crippen LogP contribution in [0.25, 0.3) is 0 Å². The third-order valence-corrected chi connectivity index (χ3v) is 2.79. The van der Waals surface area contributed by atoms with Crippen molar-refractivity contribution in [2.45, 2.75) is 39.5 Å². The molecule has 0 bridgehead atoms. The topological polar surface area (TPSA) is 20.3 Å². The summed E-state index contributed by atoms with van der Waals surface area (Å²) >= 11 is 0. The highest BCUT2D eigenvalue weighted by Gasteiger charge is 2.22. The Bertz CT molecular complexity index is 159. The fourth-order valence-corrected chi connectivity index (χ4v) is 1.78. The summed E-state index contributed by atoms with van der Waals surface area (Å²) in [5.41, 5.74) is 0. The molecule has 2 heteroatoms. The van der Waals surface area contributed by atoms with Gasteiger partial charge in [-0.3, -0.25) is 4.79 Å². The van der Waals surface area contributed by atoms with Gasteiger partial charge in [0.1, 0.15) is 5.78 Å². The summed E-state index contributed by atoms with van der Waals surface area (Å²) in [6, 6.07) is 0. The Morgan fingerprint density at radius 2 is 2.00 bits per heavy atom. The number of hydrogen-bond donors (Lipinski definition) is 0. The standard InChI is InChI=1S/C11H20NO/c1-3-4-7-12-8-5-11(6-9-12)10(2)13/h3-9H2,1-2H3. The lowest BCUT2D eigenvalue weighted by Gasteiger charge is -2.30. The van der Waals surface area contributed by atoms with Crippen LogP contribution in [0.3, 0.4) is 0 Å². The van der Waals surface area contributed by atoms with E-state index in [9.17, 15) is 4.79 Å². The molecule has 0 aliphatic carbocycles. The summed E-state index contributed by atoms with van der Waals surface area (Å²) < 4.78 is 0. The lowest BCUT2D eigenvalue weighted by Crippen LogP contribution is -2.35. The normalized spacial score (nSPS) is 20.5. The Balaban J connectivity index is 2.18. The Morgan fingerprint density at radius 3 is 2.46 bits per heavy atom. The second-order valence-corrected chi connectivity index (χ2v) is 3.85. The number of rotatable bonds is 4. The van der Waals surface area contributed by atoms with Gasteiger partial charge in [-0.05, 0) is 45.8 Å². The van der Waals surface area contributed by atoms with Gasteiger partial charge in [0, 0.05) is 5.92 Å². The fraction of sp³-hybridized carbons (Fsp3) is 0.818. The minimum atomic E-state index is 0.301. The van der Waals surface area contributed by atoms with Gasteiger partial charge in [-0.2, -0.15) is 0 Å². The second-order valence-electron chi connectivity index (χ2n) is 3.85. The molecule has 1 heterocycles. The molecule has 1 rings (SSSR count). The number of hydrogen-bond acceptors (Lipinski definition) is 2. The summed E-state index contributed by atoms with van der Waals surface area (Å²) in [6.45, 7) is 7.31. The van der Waals surface area contributed by atoms with Gasteiger partial charge < -0.3 is 4.90 Å². The van der Waals surface area contributed by atoms with Crippen LogP contribution in [0, 0.1) is 5.92 Å². The zero-order valence-corrected chi connectivity index (χ0v) is 8.81. The average Bonchev–Trinajstić information content (AvgIpc) is 2.15. The van der Waals surface area contributed by atoms with Crippen molar-refractivity contribution in [3.8, 4) is 0 Å². The maximum Gasteiger partial charge on any atom is 0.137 e. The van der Waals surface area contributed by atoms with Crippen LogP contribution >= 0.6 is 0 Å². The van der Waals surface area contributed by atoms with Gasteiger partial charge in [-0.1, -0.05) is 13.3 Å². The van der Waals surface area contributed by atoms with E-state index >= 15 is 0 Å². The summed E-state index contributed by atoms with van der Waals surface area (Å²) in [5, 5.41) is 0. The molecule has 0 aromatic carbocycles. The first-order valence-electron chi connectivity index (χ1n) is 5.32. The molecule has 0 atom stereocenters. The zero-order chi connectivity index (χ0) is 9.68. The van der Waals surface area contributed by atoms with E-state index < -0.39 is 0 Å². The number of carbonyl (C=O) groups is 1. The molecule has 0 N–H and O–H groups in total. The van der Waals surface area contributed by atoms with E-state index in [0.717, 1.165) is 31.8 Å². The first kappa shape index (κ1) is 10.7. The Hall–Kier alpha value is -0.370. The molecule has 1 saturated heterocycles. The van der Waals surface area contributed by atoms with Crippen LogP contribution in [0.5, 0.6) is 0 Å². The van der Waals surface area contributed by atoms with Gasteiger partial charge in [-0.15, -0.1) is 0 Å². The molecule has 2 nitrogen and oxygen atoms in total. The van der Waals surface area contributed by atoms with Gasteiger partial charge in [0.2, 0.25) is 0 Å². The van der Waals surface area contributed by atoms with E-state index in [-0.39, 0.29) is 0 Å². The summed E-state index contributed by atoms with van der Waals surface area (Å²) in [5.74, 6) is 1.45. The van der Waals surface area contributed by atoms with Gasteiger partial charge >= 0.3 is 0 Å². The monoisotopic (exact) mass is 182 g/mol. The minimum absolute atomic E-state index is 0.301. The maximum absolute atomic E-state index is 11.1. The summed E-state index contributed by atoms with van der Waals surface area (Å²) in [4.78, 5) is 13.5. The number of carbonyl (C=O) groups excluding carboxylic acids is 1. The van der Waals surface area contributed by atoms with Crippen molar-refractivity contribution in [2.24, 2.45) is 0 Å². The zero-order valence-electron chi connectivity index (χ0n) is 8.81. The predicted molar refractivity (Wildman–Crippen MR) is 54.5 cm³/mol. The lowest BCUT2D eigenvalue weighted by molar-refractivity contribution is -0.116. The molecule has 0 aromatic heterocycles. The molecule has 1 fully saturated rings. The van der Waals surface area contributed by atoms with Crippen LogP contribution < -0.4 is 0 Å². The van der Waals surface area contributed by atoms with Crippen LogP contribution in [0.15, 0.2) is 0 Å². The first-order valence-corrected chi connectivity index (χ1v) is 5.32. The lowest BCUT2D eigenvalue weighted by atomic mass is 9.93. The molecule has 1 aliphatic rings. The molecule has 13 heavy (non-hydrogen) atoms. The van der Waals surface area contributed by atoms with Crippen LogP contribution in [-0.4, -0.2) is 30.3 Å². The number of nitrogens with zero attached hydrogens (tertiary/aromatic N) is 1. The molecule has 1 aliphatic heterocycles. The van der Waals surface area contributed by atoms with Crippen molar-refractivity contribution < 1.29 is 4.79 Å². The van der Waals surface area contributed by atoms with Gasteiger partial charge in [-0.25, -0.2) is 0 Å². The predicted octanol–water partition coefficient (Wildman–Crippen LogP) is 2.05. The number of ketones is 1. The van der Waals surface area contributed by atoms with Crippen LogP contribution in [0.4, 0.5) is 0 Å². The molecular weight excluding hydrogens is 162 g/mol. The summed E-state index contributed by atoms with van der Waals surface area (Å²) in [6.07, 6.45) is 4.55. The molecule has 75 valence electrons. The molecule has 0 unspecified atom stereocenters. The van der Waals surface area contributed by atoms with E-state index in [4.69, 9.17) is 0 Å². The van der Waals surface area contributed by atoms with Crippen LogP contribution in [0.2, 0.25) is 0 Å². The van der Waals surface area contributed by atoms with Gasteiger partial charge in [0.05, 0.1) is 0 Å². The molecule has 1 radical (unpaired) electrons. The summed E-state index contributed by atoms with van der Waals surface area (Å²) in [7, 11) is 0. The van der Waals surface area contributed by atoms with Crippen molar-refractivity contribution in [1.29, 1.82) is 0 Å². The molecule has 0 aromatic rings. The van der Waals surface area contributed by atoms with E-state index in [1.165, 1.54) is 19.4 Å². The van der Waals surface area contributed by atoms with Crippen LogP contribution in [-0.2, 0) is 4.79 Å². The van der Waals surface area contributed by atoms with Crippen molar-refractivity contribution in [1.82, 2.24) is 4.90 Å². The molecule has 0 spiro atoms. The highest BCUT2D eigenvalue weighted by atomic mass is 16.1. The van der Waals surface area contributed by atoms with Crippen molar-refractivity contribution in [3.63, 3.8) is 0 Å². The average molecular weight is 182 g/mol. The van der Waals surface area contributed by atoms with Gasteiger partial charge in [0.15, 0.2) is 0 Å². The van der Waals surface area contributed by atoms with Crippen molar-refractivity contribution in [2.75, 3.05) is 19.6 Å². The highest BCUT2D eigenvalue weighted by molar-refractivity contribution is 5.89. The SMILES string of the molecule is CCCCN1CC[C](C(C)=O)CC1. The third-order valence-electron chi connectivity index (χ3n) is 2.79. The fourth-order valence-electron chi connectivity index (χ4n) is 1.78. The third kappa shape index (κ3) is 3.47. The number of piperidine rings is 1. The number of likely N-dealkylation sites (tertiary alicyclic amines) is 1. The smallest absolute Gasteiger partial charge is 0.137 e. The number of unbranched alkanes of at least 4 members (excludes halogenated alkanes) is 1. The maximum atomic E-state index is 11.1. The molecular formula is C11H20NO. The van der Waals surface area contributed by atoms with Crippen LogP contribution in [0.1, 0.15) is 39.5 Å². The van der Waals surface area contributed by atoms with Gasteiger partial charge in [0.25, 0.3) is 0 Å². The Labute approximate surface area is 81.3 Å². The number of Topliss-reactive ketones (excluding diaryl/α,β-unsaturated/α-hetero) is 1. The second kappa shape index (κ2) is 5.38. The van der Waals surface area contributed by atoms with E-state index in [1.807, 2.05) is 0 Å². The Kier molecular flexibility index (Phi) is 4.43. The van der Waals surface area contributed by atoms with Crippen molar-refractivity contribution >= 4 is 5.78 Å². The van der Waals surface area contributed by atoms with E-state index in [1.54, 1.807) is 6.92 Å². The first-order chi connectivity index (χ1) is 6.24. The Morgan fingerprint density at radius 1 is 1.38 bits per heavy atom. The quantitative estimate of drug-likeness (QED) is 0.663. The van der Waals surface area contributed by atoms with Crippen molar-refractivity contribution in [3.05, 3.63) is 5.92 Å². The largest absolute Gasteiger partial charge is 0.303 e. The van der Waals surface area contributed by atoms with E-state index in [0.29, 0.717) is 5.78 Å². The highest BCUT2D eigenvalue weighted by Crippen LogP contribution is 2.19.